The molecule has 132 valence electrons. The minimum atomic E-state index is -0.898. The monoisotopic (exact) mass is 360 g/mol. The van der Waals surface area contributed by atoms with E-state index in [0.717, 1.165) is 17.7 Å². The maximum atomic E-state index is 12.0. The van der Waals surface area contributed by atoms with Gasteiger partial charge in [-0.1, -0.05) is 11.2 Å². The van der Waals surface area contributed by atoms with Crippen molar-refractivity contribution in [3.8, 4) is 0 Å². The molecule has 0 radical (unpaired) electrons. The van der Waals surface area contributed by atoms with Crippen LogP contribution in [0.25, 0.3) is 0 Å². The van der Waals surface area contributed by atoms with Gasteiger partial charge in [0.2, 0.25) is 0 Å². The van der Waals surface area contributed by atoms with Gasteiger partial charge in [-0.2, -0.15) is 0 Å². The SMILES string of the molecule is Cc1cc(NC(=O)[C@H](C)OC(=O)CSc2ccc3c(c2)CCC3)no1. The first-order valence-corrected chi connectivity index (χ1v) is 9.18. The zero-order chi connectivity index (χ0) is 17.8. The number of carbonyl (C=O) groups excluding carboxylic acids is 2. The lowest BCUT2D eigenvalue weighted by Crippen LogP contribution is -2.30. The highest BCUT2D eigenvalue weighted by molar-refractivity contribution is 8.00. The topological polar surface area (TPSA) is 81.4 Å². The number of ether oxygens (including phenoxy) is 1. The van der Waals surface area contributed by atoms with Gasteiger partial charge < -0.3 is 14.6 Å². The van der Waals surface area contributed by atoms with Crippen molar-refractivity contribution in [1.29, 1.82) is 0 Å². The number of nitrogens with one attached hydrogen (secondary N) is 1. The standard InChI is InChI=1S/C18H20N2O4S/c1-11-8-16(20-24-11)19-18(22)12(2)23-17(21)10-25-15-7-6-13-4-3-5-14(13)9-15/h6-9,12H,3-5,10H2,1-2H3,(H,19,20,22)/t12-/m0/s1. The van der Waals surface area contributed by atoms with E-state index in [1.807, 2.05) is 6.07 Å². The summed E-state index contributed by atoms with van der Waals surface area (Å²) in [4.78, 5) is 25.0. The van der Waals surface area contributed by atoms with E-state index in [1.54, 1.807) is 13.0 Å². The van der Waals surface area contributed by atoms with Crippen LogP contribution in [0.4, 0.5) is 5.82 Å². The second kappa shape index (κ2) is 7.74. The lowest BCUT2D eigenvalue weighted by Gasteiger charge is -2.12. The number of esters is 1. The Morgan fingerprint density at radius 2 is 2.12 bits per heavy atom. The number of aryl methyl sites for hydroxylation is 3. The molecule has 1 aliphatic rings. The van der Waals surface area contributed by atoms with Gasteiger partial charge in [0, 0.05) is 11.0 Å². The molecule has 0 unspecified atom stereocenters. The number of fused-ring (bicyclic) bond motifs is 1. The molecule has 1 aliphatic carbocycles. The third-order valence-electron chi connectivity index (χ3n) is 3.98. The third-order valence-corrected chi connectivity index (χ3v) is 4.95. The van der Waals surface area contributed by atoms with Crippen LogP contribution in [0.15, 0.2) is 33.7 Å². The number of rotatable bonds is 6. The number of hydrogen-bond donors (Lipinski definition) is 1. The van der Waals surface area contributed by atoms with Gasteiger partial charge in [0.05, 0.1) is 5.75 Å². The third kappa shape index (κ3) is 4.63. The molecule has 1 N–H and O–H groups in total. The average Bonchev–Trinajstić information content (AvgIpc) is 3.21. The molecular formula is C18H20N2O4S. The number of nitrogens with zero attached hydrogens (tertiary/aromatic N) is 1. The van der Waals surface area contributed by atoms with Crippen molar-refractivity contribution in [2.75, 3.05) is 11.1 Å². The van der Waals surface area contributed by atoms with Gasteiger partial charge in [-0.15, -0.1) is 11.8 Å². The molecule has 0 saturated heterocycles. The Hall–Kier alpha value is -2.28. The van der Waals surface area contributed by atoms with Gasteiger partial charge in [0.25, 0.3) is 5.91 Å². The summed E-state index contributed by atoms with van der Waals surface area (Å²) in [5.74, 6) is 0.191. The van der Waals surface area contributed by atoms with E-state index >= 15 is 0 Å². The van der Waals surface area contributed by atoms with Crippen LogP contribution in [0, 0.1) is 6.92 Å². The molecule has 2 aromatic rings. The number of amides is 1. The summed E-state index contributed by atoms with van der Waals surface area (Å²) < 4.78 is 10.0. The van der Waals surface area contributed by atoms with Crippen LogP contribution in [-0.4, -0.2) is 28.9 Å². The van der Waals surface area contributed by atoms with Crippen LogP contribution >= 0.6 is 11.8 Å². The van der Waals surface area contributed by atoms with Crippen molar-refractivity contribution in [2.24, 2.45) is 0 Å². The number of aromatic nitrogens is 1. The highest BCUT2D eigenvalue weighted by atomic mass is 32.2. The smallest absolute Gasteiger partial charge is 0.317 e. The minimum Gasteiger partial charge on any atom is -0.452 e. The molecule has 1 aromatic carbocycles. The molecule has 0 aliphatic heterocycles. The quantitative estimate of drug-likeness (QED) is 0.630. The van der Waals surface area contributed by atoms with E-state index in [4.69, 9.17) is 9.26 Å². The Morgan fingerprint density at radius 3 is 2.88 bits per heavy atom. The van der Waals surface area contributed by atoms with E-state index in [9.17, 15) is 9.59 Å². The Morgan fingerprint density at radius 1 is 1.32 bits per heavy atom. The molecule has 0 spiro atoms. The van der Waals surface area contributed by atoms with E-state index < -0.39 is 18.0 Å². The molecule has 0 saturated carbocycles. The summed E-state index contributed by atoms with van der Waals surface area (Å²) >= 11 is 1.42. The normalized spacial score (nSPS) is 14.0. The zero-order valence-corrected chi connectivity index (χ0v) is 15.0. The second-order valence-corrected chi connectivity index (χ2v) is 7.07. The van der Waals surface area contributed by atoms with Gasteiger partial charge in [-0.3, -0.25) is 9.59 Å². The van der Waals surface area contributed by atoms with Crippen molar-refractivity contribution < 1.29 is 18.8 Å². The van der Waals surface area contributed by atoms with Crippen LogP contribution in [0.3, 0.4) is 0 Å². The second-order valence-electron chi connectivity index (χ2n) is 6.02. The average molecular weight is 360 g/mol. The lowest BCUT2D eigenvalue weighted by molar-refractivity contribution is -0.150. The highest BCUT2D eigenvalue weighted by Gasteiger charge is 2.19. The first-order valence-electron chi connectivity index (χ1n) is 8.19. The number of anilines is 1. The molecule has 7 heteroatoms. The predicted octanol–water partition coefficient (Wildman–Crippen LogP) is 3.13. The Kier molecular flexibility index (Phi) is 5.43. The van der Waals surface area contributed by atoms with Gasteiger partial charge in [-0.05, 0) is 56.4 Å². The molecular weight excluding hydrogens is 340 g/mol. The van der Waals surface area contributed by atoms with Crippen LogP contribution in [0.5, 0.6) is 0 Å². The summed E-state index contributed by atoms with van der Waals surface area (Å²) in [7, 11) is 0. The summed E-state index contributed by atoms with van der Waals surface area (Å²) in [6.07, 6.45) is 2.54. The minimum absolute atomic E-state index is 0.166. The Balaban J connectivity index is 1.46. The summed E-state index contributed by atoms with van der Waals surface area (Å²) in [5.41, 5.74) is 2.77. The summed E-state index contributed by atoms with van der Waals surface area (Å²) in [6, 6.07) is 7.90. The van der Waals surface area contributed by atoms with Crippen molar-refractivity contribution in [2.45, 2.75) is 44.1 Å². The molecule has 1 aromatic heterocycles. The highest BCUT2D eigenvalue weighted by Crippen LogP contribution is 2.27. The maximum Gasteiger partial charge on any atom is 0.317 e. The summed E-state index contributed by atoms with van der Waals surface area (Å²) in [6.45, 7) is 3.25. The first-order chi connectivity index (χ1) is 12.0. The fraction of sp³-hybridized carbons (Fsp3) is 0.389. The summed E-state index contributed by atoms with van der Waals surface area (Å²) in [5, 5.41) is 6.21. The number of carbonyl (C=O) groups is 2. The molecule has 1 heterocycles. The van der Waals surface area contributed by atoms with E-state index in [0.29, 0.717) is 11.6 Å². The largest absolute Gasteiger partial charge is 0.452 e. The van der Waals surface area contributed by atoms with Crippen molar-refractivity contribution in [1.82, 2.24) is 5.16 Å². The van der Waals surface area contributed by atoms with Crippen molar-refractivity contribution in [3.63, 3.8) is 0 Å². The molecule has 0 fully saturated rings. The molecule has 3 rings (SSSR count). The Bertz CT molecular complexity index is 787. The van der Waals surface area contributed by atoms with Crippen LogP contribution in [0.1, 0.15) is 30.2 Å². The molecule has 0 bridgehead atoms. The van der Waals surface area contributed by atoms with Crippen LogP contribution < -0.4 is 5.32 Å². The van der Waals surface area contributed by atoms with E-state index in [2.05, 4.69) is 22.6 Å². The van der Waals surface area contributed by atoms with Crippen LogP contribution in [0.2, 0.25) is 0 Å². The van der Waals surface area contributed by atoms with Gasteiger partial charge in [-0.25, -0.2) is 0 Å². The zero-order valence-electron chi connectivity index (χ0n) is 14.2. The Labute approximate surface area is 150 Å². The molecule has 1 amide bonds. The van der Waals surface area contributed by atoms with E-state index in [1.165, 1.54) is 36.2 Å². The first kappa shape index (κ1) is 17.5. The predicted molar refractivity (Wildman–Crippen MR) is 94.6 cm³/mol. The molecule has 1 atom stereocenters. The number of benzene rings is 1. The van der Waals surface area contributed by atoms with Crippen molar-refractivity contribution in [3.05, 3.63) is 41.2 Å². The fourth-order valence-electron chi connectivity index (χ4n) is 2.72. The molecule has 6 nitrogen and oxygen atoms in total. The lowest BCUT2D eigenvalue weighted by atomic mass is 10.1. The number of hydrogen-bond acceptors (Lipinski definition) is 6. The maximum absolute atomic E-state index is 12.0. The van der Waals surface area contributed by atoms with Gasteiger partial charge in [0.1, 0.15) is 5.76 Å². The van der Waals surface area contributed by atoms with E-state index in [-0.39, 0.29) is 5.75 Å². The fourth-order valence-corrected chi connectivity index (χ4v) is 3.46. The van der Waals surface area contributed by atoms with Crippen molar-refractivity contribution >= 4 is 29.5 Å². The number of thioether (sulfide) groups is 1. The molecule has 25 heavy (non-hydrogen) atoms. The van der Waals surface area contributed by atoms with Gasteiger partial charge in [0.15, 0.2) is 11.9 Å². The van der Waals surface area contributed by atoms with Crippen LogP contribution in [-0.2, 0) is 27.2 Å². The van der Waals surface area contributed by atoms with Gasteiger partial charge >= 0.3 is 5.97 Å².